The van der Waals surface area contributed by atoms with Crippen molar-refractivity contribution >= 4 is 0 Å². The van der Waals surface area contributed by atoms with Crippen LogP contribution in [0.15, 0.2) is 0 Å². The van der Waals surface area contributed by atoms with Crippen molar-refractivity contribution in [3.63, 3.8) is 0 Å². The van der Waals surface area contributed by atoms with Crippen LogP contribution in [0.4, 0.5) is 0 Å². The summed E-state index contributed by atoms with van der Waals surface area (Å²) in [5.41, 5.74) is 3.68. The highest BCUT2D eigenvalue weighted by Crippen LogP contribution is 2.43. The molecule has 2 saturated carbocycles. The molecule has 0 bridgehead atoms. The van der Waals surface area contributed by atoms with Crippen molar-refractivity contribution in [2.45, 2.75) is 64.8 Å². The summed E-state index contributed by atoms with van der Waals surface area (Å²) >= 11 is 0. The van der Waals surface area contributed by atoms with E-state index in [1.165, 1.54) is 44.9 Å². The molecule has 1 unspecified atom stereocenters. The molecule has 3 N–H and O–H groups in total. The van der Waals surface area contributed by atoms with Crippen LogP contribution in [0.2, 0.25) is 0 Å². The van der Waals surface area contributed by atoms with E-state index in [-0.39, 0.29) is 0 Å². The van der Waals surface area contributed by atoms with E-state index in [4.69, 9.17) is 5.84 Å². The third-order valence-corrected chi connectivity index (χ3v) is 4.74. The fraction of sp³-hybridized carbons (Fsp3) is 1.00. The van der Waals surface area contributed by atoms with Gasteiger partial charge in [0.2, 0.25) is 0 Å². The minimum Gasteiger partial charge on any atom is -0.271 e. The van der Waals surface area contributed by atoms with Gasteiger partial charge in [-0.25, -0.2) is 0 Å². The minimum absolute atomic E-state index is 0.579. The lowest BCUT2D eigenvalue weighted by molar-refractivity contribution is 0.106. The molecule has 0 amide bonds. The van der Waals surface area contributed by atoms with Gasteiger partial charge < -0.3 is 0 Å². The van der Waals surface area contributed by atoms with Gasteiger partial charge in [-0.2, -0.15) is 0 Å². The largest absolute Gasteiger partial charge is 0.271 e. The van der Waals surface area contributed by atoms with Gasteiger partial charge in [-0.15, -0.1) is 0 Å². The Kier molecular flexibility index (Phi) is 3.36. The van der Waals surface area contributed by atoms with Gasteiger partial charge in [0.1, 0.15) is 0 Å². The fourth-order valence-corrected chi connectivity index (χ4v) is 3.24. The second-order valence-corrected chi connectivity index (χ2v) is 6.39. The Hall–Kier alpha value is -0.0800. The summed E-state index contributed by atoms with van der Waals surface area (Å²) in [7, 11) is 0. The van der Waals surface area contributed by atoms with Gasteiger partial charge in [-0.3, -0.25) is 11.3 Å². The third kappa shape index (κ3) is 2.54. The Bertz CT molecular complexity index is 199. The molecule has 2 fully saturated rings. The molecule has 0 aliphatic heterocycles. The van der Waals surface area contributed by atoms with Crippen LogP contribution in [-0.4, -0.2) is 6.04 Å². The van der Waals surface area contributed by atoms with Crippen LogP contribution < -0.4 is 11.3 Å². The molecular weight excluding hydrogens is 184 g/mol. The lowest BCUT2D eigenvalue weighted by atomic mass is 9.66. The predicted octanol–water partition coefficient (Wildman–Crippen LogP) is 2.83. The first kappa shape index (κ1) is 11.4. The molecule has 0 aromatic rings. The first-order valence-electron chi connectivity index (χ1n) is 6.58. The third-order valence-electron chi connectivity index (χ3n) is 4.74. The monoisotopic (exact) mass is 210 g/mol. The maximum Gasteiger partial charge on any atom is 0.0267 e. The fourth-order valence-electron chi connectivity index (χ4n) is 3.24. The number of hydrogen-bond acceptors (Lipinski definition) is 2. The summed E-state index contributed by atoms with van der Waals surface area (Å²) in [6.45, 7) is 4.80. The van der Waals surface area contributed by atoms with Gasteiger partial charge in [0.05, 0.1) is 0 Å². The van der Waals surface area contributed by atoms with E-state index >= 15 is 0 Å². The van der Waals surface area contributed by atoms with Crippen molar-refractivity contribution in [1.29, 1.82) is 0 Å². The number of rotatable bonds is 3. The molecule has 0 spiro atoms. The Morgan fingerprint density at radius 1 is 1.07 bits per heavy atom. The van der Waals surface area contributed by atoms with Crippen LogP contribution in [0.5, 0.6) is 0 Å². The maximum absolute atomic E-state index is 5.73. The van der Waals surface area contributed by atoms with Gasteiger partial charge in [0, 0.05) is 6.04 Å². The molecule has 0 aromatic heterocycles. The van der Waals surface area contributed by atoms with E-state index in [0.717, 1.165) is 11.8 Å². The molecule has 1 atom stereocenters. The highest BCUT2D eigenvalue weighted by atomic mass is 15.2. The Morgan fingerprint density at radius 2 is 1.60 bits per heavy atom. The van der Waals surface area contributed by atoms with Crippen molar-refractivity contribution in [2.24, 2.45) is 23.1 Å². The van der Waals surface area contributed by atoms with Gasteiger partial charge in [0.25, 0.3) is 0 Å². The Labute approximate surface area is 94.0 Å². The van der Waals surface area contributed by atoms with Crippen LogP contribution in [0.3, 0.4) is 0 Å². The number of hydrazine groups is 1. The summed E-state index contributed by atoms with van der Waals surface area (Å²) in [5.74, 6) is 7.45. The maximum atomic E-state index is 5.73. The molecule has 2 aliphatic rings. The molecule has 15 heavy (non-hydrogen) atoms. The SMILES string of the molecule is CC1(C)CCC(C(NN)C2CCC2)CC1. The van der Waals surface area contributed by atoms with Crippen molar-refractivity contribution in [3.05, 3.63) is 0 Å². The van der Waals surface area contributed by atoms with Gasteiger partial charge in [-0.05, 0) is 55.8 Å². The average Bonchev–Trinajstić information content (AvgIpc) is 2.12. The molecule has 0 saturated heterocycles. The first-order valence-corrected chi connectivity index (χ1v) is 6.58. The van der Waals surface area contributed by atoms with E-state index in [9.17, 15) is 0 Å². The van der Waals surface area contributed by atoms with Gasteiger partial charge in [0.15, 0.2) is 0 Å². The predicted molar refractivity (Wildman–Crippen MR) is 64.2 cm³/mol. The van der Waals surface area contributed by atoms with Gasteiger partial charge >= 0.3 is 0 Å². The topological polar surface area (TPSA) is 38.0 Å². The minimum atomic E-state index is 0.579. The summed E-state index contributed by atoms with van der Waals surface area (Å²) < 4.78 is 0. The standard InChI is InChI=1S/C13H26N2/c1-13(2)8-6-11(7-9-13)12(15-14)10-4-3-5-10/h10-12,15H,3-9,14H2,1-2H3. The molecule has 0 radical (unpaired) electrons. The first-order chi connectivity index (χ1) is 7.12. The normalized spacial score (nSPS) is 29.8. The number of hydrogen-bond donors (Lipinski definition) is 2. The molecule has 0 aromatic carbocycles. The second-order valence-electron chi connectivity index (χ2n) is 6.39. The molecule has 88 valence electrons. The zero-order valence-corrected chi connectivity index (χ0v) is 10.3. The Morgan fingerprint density at radius 3 is 2.00 bits per heavy atom. The van der Waals surface area contributed by atoms with E-state index in [0.29, 0.717) is 11.5 Å². The lowest BCUT2D eigenvalue weighted by Gasteiger charge is -2.43. The van der Waals surface area contributed by atoms with Crippen molar-refractivity contribution in [3.8, 4) is 0 Å². The van der Waals surface area contributed by atoms with Crippen LogP contribution in [-0.2, 0) is 0 Å². The zero-order chi connectivity index (χ0) is 10.9. The summed E-state index contributed by atoms with van der Waals surface area (Å²) in [6.07, 6.45) is 9.71. The zero-order valence-electron chi connectivity index (χ0n) is 10.3. The molecule has 2 aliphatic carbocycles. The van der Waals surface area contributed by atoms with E-state index in [2.05, 4.69) is 19.3 Å². The molecular formula is C13H26N2. The van der Waals surface area contributed by atoms with E-state index in [1.54, 1.807) is 0 Å². The van der Waals surface area contributed by atoms with Crippen LogP contribution in [0.1, 0.15) is 58.8 Å². The average molecular weight is 210 g/mol. The Balaban J connectivity index is 1.87. The molecule has 2 nitrogen and oxygen atoms in total. The van der Waals surface area contributed by atoms with Crippen molar-refractivity contribution in [2.75, 3.05) is 0 Å². The van der Waals surface area contributed by atoms with Crippen molar-refractivity contribution < 1.29 is 0 Å². The van der Waals surface area contributed by atoms with Crippen LogP contribution in [0, 0.1) is 17.3 Å². The summed E-state index contributed by atoms with van der Waals surface area (Å²) in [5, 5.41) is 0. The number of nitrogens with two attached hydrogens (primary N) is 1. The van der Waals surface area contributed by atoms with E-state index in [1.807, 2.05) is 0 Å². The number of nitrogens with one attached hydrogen (secondary N) is 1. The van der Waals surface area contributed by atoms with Gasteiger partial charge in [-0.1, -0.05) is 20.3 Å². The summed E-state index contributed by atoms with van der Waals surface area (Å²) in [6, 6.07) is 0.606. The highest BCUT2D eigenvalue weighted by molar-refractivity contribution is 4.90. The quantitative estimate of drug-likeness (QED) is 0.555. The molecule has 0 heterocycles. The van der Waals surface area contributed by atoms with Crippen molar-refractivity contribution in [1.82, 2.24) is 5.43 Å². The highest BCUT2D eigenvalue weighted by Gasteiger charge is 2.36. The van der Waals surface area contributed by atoms with Crippen LogP contribution >= 0.6 is 0 Å². The second kappa shape index (κ2) is 4.42. The lowest BCUT2D eigenvalue weighted by Crippen LogP contribution is -2.49. The molecule has 2 heteroatoms. The summed E-state index contributed by atoms with van der Waals surface area (Å²) in [4.78, 5) is 0. The smallest absolute Gasteiger partial charge is 0.0267 e. The van der Waals surface area contributed by atoms with E-state index < -0.39 is 0 Å². The molecule has 2 rings (SSSR count). The van der Waals surface area contributed by atoms with Crippen LogP contribution in [0.25, 0.3) is 0 Å².